The number of carbonyl (C=O) groups is 1. The predicted octanol–water partition coefficient (Wildman–Crippen LogP) is 2.08. The number of ether oxygens (including phenoxy) is 1. The number of pyridine rings is 1. The molecule has 0 unspecified atom stereocenters. The minimum Gasteiger partial charge on any atom is -0.465 e. The highest BCUT2D eigenvalue weighted by molar-refractivity contribution is 6.32. The number of halogens is 1. The molecule has 0 spiro atoms. The van der Waals surface area contributed by atoms with Crippen molar-refractivity contribution in [3.8, 4) is 0 Å². The van der Waals surface area contributed by atoms with Crippen molar-refractivity contribution < 1.29 is 9.53 Å². The van der Waals surface area contributed by atoms with Crippen molar-refractivity contribution in [1.82, 2.24) is 9.38 Å². The molecule has 0 aliphatic rings. The molecule has 0 saturated carbocycles. The molecule has 15 heavy (non-hydrogen) atoms. The van der Waals surface area contributed by atoms with Crippen LogP contribution in [0, 0.1) is 6.92 Å². The minimum atomic E-state index is -0.374. The molecule has 0 saturated heterocycles. The molecule has 0 atom stereocenters. The van der Waals surface area contributed by atoms with Gasteiger partial charge in [0.2, 0.25) is 0 Å². The summed E-state index contributed by atoms with van der Waals surface area (Å²) in [4.78, 5) is 15.4. The molecule has 0 radical (unpaired) electrons. The topological polar surface area (TPSA) is 43.6 Å². The maximum atomic E-state index is 11.3. The fourth-order valence-electron chi connectivity index (χ4n) is 1.43. The summed E-state index contributed by atoms with van der Waals surface area (Å²) in [6, 6.07) is 3.41. The standard InChI is InChI=1S/C10H9ClN2O2/c1-6-12-9(11)8-4-3-7(5-13(6)8)10(14)15-2/h3-5H,1-2H3. The van der Waals surface area contributed by atoms with Gasteiger partial charge in [-0.25, -0.2) is 9.78 Å². The van der Waals surface area contributed by atoms with Crippen LogP contribution in [0.15, 0.2) is 18.3 Å². The van der Waals surface area contributed by atoms with Gasteiger partial charge in [-0.1, -0.05) is 11.6 Å². The van der Waals surface area contributed by atoms with Gasteiger partial charge in [-0.05, 0) is 19.1 Å². The maximum Gasteiger partial charge on any atom is 0.339 e. The second-order valence-electron chi connectivity index (χ2n) is 3.11. The van der Waals surface area contributed by atoms with E-state index in [1.807, 2.05) is 6.92 Å². The monoisotopic (exact) mass is 224 g/mol. The van der Waals surface area contributed by atoms with E-state index in [0.29, 0.717) is 10.7 Å². The SMILES string of the molecule is COC(=O)c1ccc2c(Cl)nc(C)n2c1. The van der Waals surface area contributed by atoms with Gasteiger partial charge in [0.25, 0.3) is 0 Å². The largest absolute Gasteiger partial charge is 0.465 e. The average Bonchev–Trinajstić information content (AvgIpc) is 2.53. The van der Waals surface area contributed by atoms with E-state index in [4.69, 9.17) is 11.6 Å². The first-order valence-corrected chi connectivity index (χ1v) is 4.74. The normalized spacial score (nSPS) is 10.6. The first-order valence-electron chi connectivity index (χ1n) is 4.36. The fourth-order valence-corrected chi connectivity index (χ4v) is 1.70. The second kappa shape index (κ2) is 3.55. The van der Waals surface area contributed by atoms with E-state index in [-0.39, 0.29) is 5.97 Å². The predicted molar refractivity (Wildman–Crippen MR) is 56.3 cm³/mol. The Kier molecular flexibility index (Phi) is 2.36. The number of imidazole rings is 1. The second-order valence-corrected chi connectivity index (χ2v) is 3.47. The molecule has 0 amide bonds. The minimum absolute atomic E-state index is 0.374. The molecular formula is C10H9ClN2O2. The molecule has 4 nitrogen and oxygen atoms in total. The Labute approximate surface area is 91.4 Å². The number of aryl methyl sites for hydroxylation is 1. The molecule has 0 bridgehead atoms. The Balaban J connectivity index is 2.65. The van der Waals surface area contributed by atoms with E-state index in [1.54, 1.807) is 22.7 Å². The number of esters is 1. The van der Waals surface area contributed by atoms with Gasteiger partial charge >= 0.3 is 5.97 Å². The molecule has 0 N–H and O–H groups in total. The van der Waals surface area contributed by atoms with Crippen LogP contribution in [-0.4, -0.2) is 22.5 Å². The molecule has 2 aromatic rings. The number of nitrogens with zero attached hydrogens (tertiary/aromatic N) is 2. The molecule has 0 fully saturated rings. The molecule has 0 aliphatic heterocycles. The van der Waals surface area contributed by atoms with Crippen LogP contribution in [0.4, 0.5) is 0 Å². The summed E-state index contributed by atoms with van der Waals surface area (Å²) in [5, 5.41) is 0.434. The fraction of sp³-hybridized carbons (Fsp3) is 0.200. The van der Waals surface area contributed by atoms with Gasteiger partial charge in [0, 0.05) is 6.20 Å². The van der Waals surface area contributed by atoms with Crippen molar-refractivity contribution in [1.29, 1.82) is 0 Å². The van der Waals surface area contributed by atoms with Crippen molar-refractivity contribution in [2.75, 3.05) is 7.11 Å². The zero-order chi connectivity index (χ0) is 11.0. The lowest BCUT2D eigenvalue weighted by Crippen LogP contribution is -2.03. The quantitative estimate of drug-likeness (QED) is 0.697. The highest BCUT2D eigenvalue weighted by atomic mass is 35.5. The Bertz CT molecular complexity index is 533. The van der Waals surface area contributed by atoms with Crippen LogP contribution in [0.5, 0.6) is 0 Å². The number of rotatable bonds is 1. The summed E-state index contributed by atoms with van der Waals surface area (Å²) in [5.74, 6) is 0.363. The van der Waals surface area contributed by atoms with Crippen LogP contribution in [0.3, 0.4) is 0 Å². The molecule has 0 aromatic carbocycles. The van der Waals surface area contributed by atoms with Crippen LogP contribution in [0.1, 0.15) is 16.2 Å². The number of methoxy groups -OCH3 is 1. The van der Waals surface area contributed by atoms with Crippen molar-refractivity contribution in [2.45, 2.75) is 6.92 Å². The van der Waals surface area contributed by atoms with Crippen LogP contribution >= 0.6 is 11.6 Å². The zero-order valence-electron chi connectivity index (χ0n) is 8.32. The van der Waals surface area contributed by atoms with E-state index in [0.717, 1.165) is 11.3 Å². The third kappa shape index (κ3) is 1.57. The van der Waals surface area contributed by atoms with E-state index in [2.05, 4.69) is 9.72 Å². The van der Waals surface area contributed by atoms with Crippen LogP contribution < -0.4 is 0 Å². The Morgan fingerprint density at radius 3 is 2.93 bits per heavy atom. The van der Waals surface area contributed by atoms with E-state index in [9.17, 15) is 4.79 Å². The molecule has 2 heterocycles. The van der Waals surface area contributed by atoms with Crippen molar-refractivity contribution in [3.05, 3.63) is 34.9 Å². The highest BCUT2D eigenvalue weighted by Crippen LogP contribution is 2.18. The first-order chi connectivity index (χ1) is 7.13. The lowest BCUT2D eigenvalue weighted by atomic mass is 10.3. The van der Waals surface area contributed by atoms with Gasteiger partial charge < -0.3 is 9.14 Å². The Morgan fingerprint density at radius 2 is 2.27 bits per heavy atom. The van der Waals surface area contributed by atoms with Gasteiger partial charge in [0.05, 0.1) is 18.2 Å². The Morgan fingerprint density at radius 1 is 1.53 bits per heavy atom. The summed E-state index contributed by atoms with van der Waals surface area (Å²) in [6.07, 6.45) is 1.66. The van der Waals surface area contributed by atoms with E-state index in [1.165, 1.54) is 7.11 Å². The molecule has 0 aliphatic carbocycles. The number of hydrogen-bond donors (Lipinski definition) is 0. The van der Waals surface area contributed by atoms with Crippen molar-refractivity contribution in [3.63, 3.8) is 0 Å². The van der Waals surface area contributed by atoms with Crippen LogP contribution in [0.25, 0.3) is 5.52 Å². The number of fused-ring (bicyclic) bond motifs is 1. The third-order valence-corrected chi connectivity index (χ3v) is 2.47. The highest BCUT2D eigenvalue weighted by Gasteiger charge is 2.10. The van der Waals surface area contributed by atoms with Gasteiger partial charge in [0.1, 0.15) is 5.82 Å². The van der Waals surface area contributed by atoms with Crippen molar-refractivity contribution >= 4 is 23.1 Å². The van der Waals surface area contributed by atoms with Gasteiger partial charge in [-0.2, -0.15) is 0 Å². The number of aromatic nitrogens is 2. The molecular weight excluding hydrogens is 216 g/mol. The van der Waals surface area contributed by atoms with Gasteiger partial charge in [-0.15, -0.1) is 0 Å². The number of hydrogen-bond acceptors (Lipinski definition) is 3. The van der Waals surface area contributed by atoms with E-state index >= 15 is 0 Å². The van der Waals surface area contributed by atoms with Gasteiger partial charge in [-0.3, -0.25) is 0 Å². The van der Waals surface area contributed by atoms with Crippen LogP contribution in [-0.2, 0) is 4.74 Å². The number of carbonyl (C=O) groups excluding carboxylic acids is 1. The summed E-state index contributed by atoms with van der Waals surface area (Å²) in [6.45, 7) is 1.82. The van der Waals surface area contributed by atoms with Crippen molar-refractivity contribution in [2.24, 2.45) is 0 Å². The van der Waals surface area contributed by atoms with E-state index < -0.39 is 0 Å². The Hall–Kier alpha value is -1.55. The third-order valence-electron chi connectivity index (χ3n) is 2.19. The van der Waals surface area contributed by atoms with Gasteiger partial charge in [0.15, 0.2) is 5.15 Å². The summed E-state index contributed by atoms with van der Waals surface area (Å²) >= 11 is 5.90. The molecule has 78 valence electrons. The summed E-state index contributed by atoms with van der Waals surface area (Å²) in [7, 11) is 1.35. The smallest absolute Gasteiger partial charge is 0.339 e. The maximum absolute atomic E-state index is 11.3. The summed E-state index contributed by atoms with van der Waals surface area (Å²) < 4.78 is 6.38. The molecule has 5 heteroatoms. The van der Waals surface area contributed by atoms with Crippen LogP contribution in [0.2, 0.25) is 5.15 Å². The molecule has 2 rings (SSSR count). The average molecular weight is 225 g/mol. The zero-order valence-corrected chi connectivity index (χ0v) is 9.08. The lowest BCUT2D eigenvalue weighted by molar-refractivity contribution is 0.0600. The first kappa shape index (κ1) is 9.98. The summed E-state index contributed by atoms with van der Waals surface area (Å²) in [5.41, 5.74) is 1.25. The lowest BCUT2D eigenvalue weighted by Gasteiger charge is -2.01. The molecule has 2 aromatic heterocycles.